The first kappa shape index (κ1) is 9.33. The molecule has 4 nitrogen and oxygen atoms in total. The molecule has 1 fully saturated rings. The van der Waals surface area contributed by atoms with Gasteiger partial charge < -0.3 is 9.53 Å². The largest absolute Gasteiger partial charge is 0.316 e. The van der Waals surface area contributed by atoms with E-state index >= 15 is 0 Å². The van der Waals surface area contributed by atoms with Gasteiger partial charge in [-0.2, -0.15) is 4.89 Å². The Morgan fingerprint density at radius 3 is 3.00 bits per heavy atom. The SMILES string of the molecule is O=CCc1ccccc1C1OCOO1. The molecule has 0 radical (unpaired) electrons. The zero-order valence-electron chi connectivity index (χ0n) is 7.51. The molecule has 74 valence electrons. The fraction of sp³-hybridized carbons (Fsp3) is 0.300. The summed E-state index contributed by atoms with van der Waals surface area (Å²) >= 11 is 0. The third-order valence-electron chi connectivity index (χ3n) is 2.04. The van der Waals surface area contributed by atoms with Gasteiger partial charge in [-0.05, 0) is 5.56 Å². The van der Waals surface area contributed by atoms with Gasteiger partial charge in [0.2, 0.25) is 6.29 Å². The summed E-state index contributed by atoms with van der Waals surface area (Å²) in [5.41, 5.74) is 1.75. The fourth-order valence-electron chi connectivity index (χ4n) is 1.39. The molecule has 0 N–H and O–H groups in total. The van der Waals surface area contributed by atoms with Gasteiger partial charge in [0.15, 0.2) is 6.79 Å². The molecule has 0 saturated carbocycles. The van der Waals surface area contributed by atoms with Gasteiger partial charge in [-0.15, -0.1) is 0 Å². The van der Waals surface area contributed by atoms with Gasteiger partial charge >= 0.3 is 0 Å². The van der Waals surface area contributed by atoms with Crippen LogP contribution in [0.4, 0.5) is 0 Å². The summed E-state index contributed by atoms with van der Waals surface area (Å²) in [6.45, 7) is 0.125. The number of carbonyl (C=O) groups is 1. The van der Waals surface area contributed by atoms with Crippen molar-refractivity contribution in [3.63, 3.8) is 0 Å². The Balaban J connectivity index is 2.25. The molecule has 1 aliphatic rings. The summed E-state index contributed by atoms with van der Waals surface area (Å²) in [4.78, 5) is 20.0. The maximum Gasteiger partial charge on any atom is 0.220 e. The number of rotatable bonds is 3. The zero-order chi connectivity index (χ0) is 9.80. The van der Waals surface area contributed by atoms with E-state index in [9.17, 15) is 4.79 Å². The molecule has 14 heavy (non-hydrogen) atoms. The number of hydrogen-bond donors (Lipinski definition) is 0. The number of benzene rings is 1. The first-order chi connectivity index (χ1) is 6.92. The highest BCUT2D eigenvalue weighted by Gasteiger charge is 2.22. The predicted octanol–water partition coefficient (Wildman–Crippen LogP) is 1.36. The number of carbonyl (C=O) groups excluding carboxylic acids is 1. The van der Waals surface area contributed by atoms with Crippen molar-refractivity contribution in [2.75, 3.05) is 6.79 Å². The zero-order valence-corrected chi connectivity index (χ0v) is 7.51. The van der Waals surface area contributed by atoms with E-state index in [2.05, 4.69) is 4.89 Å². The second-order valence-electron chi connectivity index (χ2n) is 2.90. The Hall–Kier alpha value is -1.23. The lowest BCUT2D eigenvalue weighted by Gasteiger charge is -2.10. The third kappa shape index (κ3) is 1.82. The Bertz CT molecular complexity index is 318. The van der Waals surface area contributed by atoms with Crippen LogP contribution in [-0.2, 0) is 25.7 Å². The topological polar surface area (TPSA) is 44.8 Å². The lowest BCUT2D eigenvalue weighted by Crippen LogP contribution is -2.03. The molecule has 1 aromatic carbocycles. The highest BCUT2D eigenvalue weighted by Crippen LogP contribution is 2.26. The standard InChI is InChI=1S/C10H10O4/c11-6-5-8-3-1-2-4-9(8)10-12-7-13-14-10/h1-4,6,10H,5,7H2. The summed E-state index contributed by atoms with van der Waals surface area (Å²) in [7, 11) is 0. The quantitative estimate of drug-likeness (QED) is 0.538. The Labute approximate surface area is 81.3 Å². The molecule has 2 rings (SSSR count). The summed E-state index contributed by atoms with van der Waals surface area (Å²) < 4.78 is 5.17. The number of hydrogen-bond acceptors (Lipinski definition) is 4. The Kier molecular flexibility index (Phi) is 2.88. The van der Waals surface area contributed by atoms with Crippen LogP contribution in [0.25, 0.3) is 0 Å². The van der Waals surface area contributed by atoms with E-state index in [4.69, 9.17) is 9.62 Å². The van der Waals surface area contributed by atoms with Crippen molar-refractivity contribution in [1.29, 1.82) is 0 Å². The maximum absolute atomic E-state index is 10.4. The molecular weight excluding hydrogens is 184 g/mol. The molecule has 1 aliphatic heterocycles. The van der Waals surface area contributed by atoms with Gasteiger partial charge in [0, 0.05) is 12.0 Å². The van der Waals surface area contributed by atoms with Gasteiger partial charge in [-0.25, -0.2) is 4.89 Å². The van der Waals surface area contributed by atoms with E-state index in [1.54, 1.807) is 0 Å². The predicted molar refractivity (Wildman–Crippen MR) is 47.1 cm³/mol. The van der Waals surface area contributed by atoms with E-state index < -0.39 is 6.29 Å². The van der Waals surface area contributed by atoms with Crippen LogP contribution in [0.1, 0.15) is 17.4 Å². The van der Waals surface area contributed by atoms with Crippen LogP contribution in [0, 0.1) is 0 Å². The molecular formula is C10H10O4. The van der Waals surface area contributed by atoms with Crippen LogP contribution in [0.3, 0.4) is 0 Å². The molecule has 1 heterocycles. The van der Waals surface area contributed by atoms with Crippen molar-refractivity contribution in [3.05, 3.63) is 35.4 Å². The summed E-state index contributed by atoms with van der Waals surface area (Å²) in [5.74, 6) is 0. The number of aldehydes is 1. The van der Waals surface area contributed by atoms with Crippen molar-refractivity contribution in [1.82, 2.24) is 0 Å². The highest BCUT2D eigenvalue weighted by atomic mass is 17.3. The molecule has 0 spiro atoms. The molecule has 0 amide bonds. The van der Waals surface area contributed by atoms with Crippen LogP contribution in [-0.4, -0.2) is 13.1 Å². The molecule has 0 bridgehead atoms. The number of ether oxygens (including phenoxy) is 1. The normalized spacial score (nSPS) is 21.0. The van der Waals surface area contributed by atoms with Gasteiger partial charge in [0.05, 0.1) is 0 Å². The van der Waals surface area contributed by atoms with Crippen LogP contribution >= 0.6 is 0 Å². The van der Waals surface area contributed by atoms with Gasteiger partial charge in [0.25, 0.3) is 0 Å². The smallest absolute Gasteiger partial charge is 0.220 e. The minimum absolute atomic E-state index is 0.125. The molecule has 0 aromatic heterocycles. The van der Waals surface area contributed by atoms with Crippen molar-refractivity contribution in [2.45, 2.75) is 12.7 Å². The van der Waals surface area contributed by atoms with Crippen LogP contribution in [0.2, 0.25) is 0 Å². The first-order valence-corrected chi connectivity index (χ1v) is 4.33. The second-order valence-corrected chi connectivity index (χ2v) is 2.90. The highest BCUT2D eigenvalue weighted by molar-refractivity contribution is 5.56. The van der Waals surface area contributed by atoms with Crippen LogP contribution in [0.5, 0.6) is 0 Å². The molecule has 4 heteroatoms. The Morgan fingerprint density at radius 2 is 2.29 bits per heavy atom. The average molecular weight is 194 g/mol. The molecule has 0 aliphatic carbocycles. The van der Waals surface area contributed by atoms with Crippen LogP contribution < -0.4 is 0 Å². The molecule has 1 unspecified atom stereocenters. The summed E-state index contributed by atoms with van der Waals surface area (Å²) in [5, 5.41) is 0. The molecule has 1 saturated heterocycles. The maximum atomic E-state index is 10.4. The van der Waals surface area contributed by atoms with Gasteiger partial charge in [-0.1, -0.05) is 24.3 Å². The lowest BCUT2D eigenvalue weighted by atomic mass is 10.1. The average Bonchev–Trinajstić information content (AvgIpc) is 2.72. The van der Waals surface area contributed by atoms with Gasteiger partial charge in [0.1, 0.15) is 6.29 Å². The lowest BCUT2D eigenvalue weighted by molar-refractivity contribution is -0.279. The summed E-state index contributed by atoms with van der Waals surface area (Å²) in [6.07, 6.45) is 0.708. The second kappa shape index (κ2) is 4.32. The van der Waals surface area contributed by atoms with Crippen molar-refractivity contribution in [3.8, 4) is 0 Å². The van der Waals surface area contributed by atoms with E-state index in [-0.39, 0.29) is 6.79 Å². The van der Waals surface area contributed by atoms with Crippen LogP contribution in [0.15, 0.2) is 24.3 Å². The first-order valence-electron chi connectivity index (χ1n) is 4.33. The van der Waals surface area contributed by atoms with E-state index in [0.717, 1.165) is 17.4 Å². The fourth-order valence-corrected chi connectivity index (χ4v) is 1.39. The monoisotopic (exact) mass is 194 g/mol. The van der Waals surface area contributed by atoms with E-state index in [0.29, 0.717) is 6.42 Å². The Morgan fingerprint density at radius 1 is 1.43 bits per heavy atom. The molecule has 1 aromatic rings. The van der Waals surface area contributed by atoms with E-state index in [1.807, 2.05) is 24.3 Å². The molecule has 1 atom stereocenters. The van der Waals surface area contributed by atoms with E-state index in [1.165, 1.54) is 0 Å². The van der Waals surface area contributed by atoms with Gasteiger partial charge in [-0.3, -0.25) is 0 Å². The summed E-state index contributed by atoms with van der Waals surface area (Å²) in [6, 6.07) is 7.47. The third-order valence-corrected chi connectivity index (χ3v) is 2.04. The van der Waals surface area contributed by atoms with Crippen molar-refractivity contribution >= 4 is 6.29 Å². The minimum Gasteiger partial charge on any atom is -0.316 e. The van der Waals surface area contributed by atoms with Crippen molar-refractivity contribution < 1.29 is 19.3 Å². The van der Waals surface area contributed by atoms with Crippen molar-refractivity contribution in [2.24, 2.45) is 0 Å². The minimum atomic E-state index is -0.508.